The van der Waals surface area contributed by atoms with E-state index in [1.54, 1.807) is 4.90 Å². The lowest BCUT2D eigenvalue weighted by Gasteiger charge is -2.29. The second-order valence-electron chi connectivity index (χ2n) is 10.6. The summed E-state index contributed by atoms with van der Waals surface area (Å²) in [4.78, 5) is 27.8. The number of fused-ring (bicyclic) bond motifs is 1. The van der Waals surface area contributed by atoms with E-state index in [1.165, 1.54) is 19.3 Å². The van der Waals surface area contributed by atoms with Gasteiger partial charge in [0.15, 0.2) is 5.78 Å². The third kappa shape index (κ3) is 5.99. The maximum absolute atomic E-state index is 13.5. The van der Waals surface area contributed by atoms with Crippen molar-refractivity contribution in [2.45, 2.75) is 76.9 Å². The Bertz CT molecular complexity index is 844. The Morgan fingerprint density at radius 2 is 2.00 bits per heavy atom. The second kappa shape index (κ2) is 10.3. The Kier molecular flexibility index (Phi) is 7.47. The molecule has 4 rings (SSSR count). The van der Waals surface area contributed by atoms with Crippen LogP contribution in [0, 0.1) is 5.92 Å². The molecule has 0 aromatic heterocycles. The number of carbonyl (C=O) groups is 2. The van der Waals surface area contributed by atoms with Crippen LogP contribution >= 0.6 is 0 Å². The summed E-state index contributed by atoms with van der Waals surface area (Å²) in [5, 5.41) is 6.83. The average molecular weight is 458 g/mol. The van der Waals surface area contributed by atoms with Gasteiger partial charge in [0, 0.05) is 18.8 Å². The zero-order valence-corrected chi connectivity index (χ0v) is 20.3. The molecule has 0 aliphatic carbocycles. The number of ketones is 1. The minimum atomic E-state index is -0.575. The molecule has 2 N–H and O–H groups in total. The summed E-state index contributed by atoms with van der Waals surface area (Å²) >= 11 is 0. The zero-order chi connectivity index (χ0) is 23.4. The molecule has 3 heterocycles. The van der Waals surface area contributed by atoms with Crippen LogP contribution in [-0.4, -0.2) is 61.2 Å². The molecule has 7 nitrogen and oxygen atoms in total. The van der Waals surface area contributed by atoms with Crippen molar-refractivity contribution in [3.63, 3.8) is 0 Å². The molecule has 0 radical (unpaired) electrons. The van der Waals surface area contributed by atoms with Crippen molar-refractivity contribution in [3.8, 4) is 5.75 Å². The summed E-state index contributed by atoms with van der Waals surface area (Å²) in [6.45, 7) is 9.63. The maximum atomic E-state index is 13.5. The fraction of sp³-hybridized carbons (Fsp3) is 0.692. The van der Waals surface area contributed by atoms with Crippen LogP contribution in [0.15, 0.2) is 18.2 Å². The fourth-order valence-electron chi connectivity index (χ4n) is 5.22. The Morgan fingerprint density at radius 1 is 1.15 bits per heavy atom. The van der Waals surface area contributed by atoms with Gasteiger partial charge in [-0.05, 0) is 102 Å². The first kappa shape index (κ1) is 23.9. The van der Waals surface area contributed by atoms with Gasteiger partial charge < -0.3 is 20.1 Å². The predicted molar refractivity (Wildman–Crippen MR) is 129 cm³/mol. The molecule has 0 spiro atoms. The van der Waals surface area contributed by atoms with E-state index in [0.717, 1.165) is 48.8 Å². The molecule has 2 saturated heterocycles. The van der Waals surface area contributed by atoms with Gasteiger partial charge in [-0.3, -0.25) is 9.69 Å². The number of benzene rings is 1. The smallest absolute Gasteiger partial charge is 0.410 e. The molecule has 33 heavy (non-hydrogen) atoms. The Hall–Kier alpha value is -2.28. The SMILES string of the molecule is CC(C)(C)OC(=O)N1CCC[C@H]1C(=O)C1CNc2ccc(OCCCC3CCCNC3)cc21. The summed E-state index contributed by atoms with van der Waals surface area (Å²) in [6, 6.07) is 5.56. The summed E-state index contributed by atoms with van der Waals surface area (Å²) in [5.41, 5.74) is 1.38. The highest BCUT2D eigenvalue weighted by atomic mass is 16.6. The molecule has 3 aliphatic heterocycles. The first-order valence-corrected chi connectivity index (χ1v) is 12.6. The maximum Gasteiger partial charge on any atom is 0.410 e. The third-order valence-corrected chi connectivity index (χ3v) is 6.87. The van der Waals surface area contributed by atoms with Crippen LogP contribution in [0.2, 0.25) is 0 Å². The van der Waals surface area contributed by atoms with E-state index >= 15 is 0 Å². The number of amides is 1. The number of nitrogens with one attached hydrogen (secondary N) is 2. The summed E-state index contributed by atoms with van der Waals surface area (Å²) in [7, 11) is 0. The molecule has 3 atom stereocenters. The highest BCUT2D eigenvalue weighted by molar-refractivity contribution is 5.96. The lowest BCUT2D eigenvalue weighted by molar-refractivity contribution is -0.124. The molecule has 1 aromatic carbocycles. The zero-order valence-electron chi connectivity index (χ0n) is 20.3. The van der Waals surface area contributed by atoms with E-state index in [2.05, 4.69) is 10.6 Å². The van der Waals surface area contributed by atoms with E-state index in [0.29, 0.717) is 26.1 Å². The summed E-state index contributed by atoms with van der Waals surface area (Å²) < 4.78 is 11.6. The number of carbonyl (C=O) groups excluding carboxylic acids is 2. The van der Waals surface area contributed by atoms with E-state index in [1.807, 2.05) is 39.0 Å². The van der Waals surface area contributed by atoms with Gasteiger partial charge >= 0.3 is 6.09 Å². The van der Waals surface area contributed by atoms with E-state index in [-0.39, 0.29) is 11.7 Å². The number of hydrogen-bond acceptors (Lipinski definition) is 6. The van der Waals surface area contributed by atoms with Crippen LogP contribution in [0.4, 0.5) is 10.5 Å². The molecule has 2 unspecified atom stereocenters. The van der Waals surface area contributed by atoms with Crippen LogP contribution in [0.1, 0.15) is 70.8 Å². The predicted octanol–water partition coefficient (Wildman–Crippen LogP) is 4.32. The molecular formula is C26H39N3O4. The van der Waals surface area contributed by atoms with E-state index in [9.17, 15) is 9.59 Å². The Balaban J connectivity index is 1.35. The third-order valence-electron chi connectivity index (χ3n) is 6.87. The van der Waals surface area contributed by atoms with Crippen molar-refractivity contribution in [2.24, 2.45) is 5.92 Å². The minimum absolute atomic E-state index is 0.0894. The summed E-state index contributed by atoms with van der Waals surface area (Å²) in [6.07, 6.45) is 5.92. The van der Waals surface area contributed by atoms with Crippen LogP contribution < -0.4 is 15.4 Å². The molecule has 2 fully saturated rings. The van der Waals surface area contributed by atoms with Gasteiger partial charge in [-0.1, -0.05) is 0 Å². The first-order chi connectivity index (χ1) is 15.8. The summed E-state index contributed by atoms with van der Waals surface area (Å²) in [5.74, 6) is 1.39. The van der Waals surface area contributed by atoms with Crippen molar-refractivity contribution >= 4 is 17.6 Å². The Morgan fingerprint density at radius 3 is 2.76 bits per heavy atom. The van der Waals surface area contributed by atoms with E-state index < -0.39 is 17.7 Å². The van der Waals surface area contributed by atoms with Gasteiger partial charge in [0.25, 0.3) is 0 Å². The number of piperidine rings is 1. The van der Waals surface area contributed by atoms with Crippen molar-refractivity contribution in [3.05, 3.63) is 23.8 Å². The van der Waals surface area contributed by atoms with Gasteiger partial charge in [-0.2, -0.15) is 0 Å². The number of hydrogen-bond donors (Lipinski definition) is 2. The number of anilines is 1. The average Bonchev–Trinajstić information content (AvgIpc) is 3.43. The topological polar surface area (TPSA) is 79.9 Å². The fourth-order valence-corrected chi connectivity index (χ4v) is 5.22. The van der Waals surface area contributed by atoms with Gasteiger partial charge in [-0.25, -0.2) is 4.79 Å². The van der Waals surface area contributed by atoms with Crippen LogP contribution in [0.25, 0.3) is 0 Å². The molecule has 3 aliphatic rings. The molecular weight excluding hydrogens is 418 g/mol. The largest absolute Gasteiger partial charge is 0.494 e. The lowest BCUT2D eigenvalue weighted by atomic mass is 9.91. The van der Waals surface area contributed by atoms with Crippen LogP contribution in [0.3, 0.4) is 0 Å². The standard InChI is InChI=1S/C26H39N3O4/c1-26(2,3)33-25(31)29-13-5-9-23(29)24(30)21-17-28-22-11-10-19(15-20(21)22)32-14-6-8-18-7-4-12-27-16-18/h10-11,15,18,21,23,27-28H,4-9,12-14,16-17H2,1-3H3/t18?,21?,23-/m0/s1. The van der Waals surface area contributed by atoms with Crippen molar-refractivity contribution < 1.29 is 19.1 Å². The number of ether oxygens (including phenoxy) is 2. The number of Topliss-reactive ketones (excluding diaryl/α,β-unsaturated/α-hetero) is 1. The molecule has 0 bridgehead atoms. The molecule has 1 amide bonds. The first-order valence-electron chi connectivity index (χ1n) is 12.6. The van der Waals surface area contributed by atoms with Gasteiger partial charge in [0.05, 0.1) is 18.6 Å². The highest BCUT2D eigenvalue weighted by Crippen LogP contribution is 2.37. The normalized spacial score (nSPS) is 24.8. The van der Waals surface area contributed by atoms with Gasteiger partial charge in [0.2, 0.25) is 0 Å². The van der Waals surface area contributed by atoms with Crippen molar-refractivity contribution in [1.82, 2.24) is 10.2 Å². The van der Waals surface area contributed by atoms with Crippen molar-refractivity contribution in [1.29, 1.82) is 0 Å². The molecule has 1 aromatic rings. The highest BCUT2D eigenvalue weighted by Gasteiger charge is 2.41. The minimum Gasteiger partial charge on any atom is -0.494 e. The molecule has 0 saturated carbocycles. The lowest BCUT2D eigenvalue weighted by Crippen LogP contribution is -2.45. The van der Waals surface area contributed by atoms with Gasteiger partial charge in [-0.15, -0.1) is 0 Å². The Labute approximate surface area is 197 Å². The number of nitrogens with zero attached hydrogens (tertiary/aromatic N) is 1. The molecule has 7 heteroatoms. The quantitative estimate of drug-likeness (QED) is 0.594. The van der Waals surface area contributed by atoms with Crippen LogP contribution in [-0.2, 0) is 9.53 Å². The van der Waals surface area contributed by atoms with E-state index in [4.69, 9.17) is 9.47 Å². The number of likely N-dealkylation sites (tertiary alicyclic amines) is 1. The molecule has 182 valence electrons. The van der Waals surface area contributed by atoms with Crippen LogP contribution in [0.5, 0.6) is 5.75 Å². The van der Waals surface area contributed by atoms with Crippen molar-refractivity contribution in [2.75, 3.05) is 38.1 Å². The van der Waals surface area contributed by atoms with Gasteiger partial charge in [0.1, 0.15) is 11.4 Å². The number of rotatable bonds is 7. The second-order valence-corrected chi connectivity index (χ2v) is 10.6. The monoisotopic (exact) mass is 457 g/mol.